The van der Waals surface area contributed by atoms with Gasteiger partial charge in [0.15, 0.2) is 5.16 Å². The van der Waals surface area contributed by atoms with Crippen LogP contribution in [0.3, 0.4) is 0 Å². The van der Waals surface area contributed by atoms with Gasteiger partial charge in [-0.15, -0.1) is 10.2 Å². The minimum absolute atomic E-state index is 0.0568. The highest BCUT2D eigenvalue weighted by Crippen LogP contribution is 2.28. The molecule has 1 aliphatic heterocycles. The molecule has 3 heterocycles. The highest BCUT2D eigenvalue weighted by Gasteiger charge is 2.23. The Morgan fingerprint density at radius 2 is 2.15 bits per heavy atom. The molecule has 1 aromatic carbocycles. The molecule has 0 unspecified atom stereocenters. The van der Waals surface area contributed by atoms with E-state index in [0.717, 1.165) is 30.8 Å². The Morgan fingerprint density at radius 3 is 3.00 bits per heavy atom. The van der Waals surface area contributed by atoms with Crippen LogP contribution in [-0.4, -0.2) is 37.8 Å². The predicted octanol–water partition coefficient (Wildman–Crippen LogP) is 2.05. The Morgan fingerprint density at radius 1 is 1.31 bits per heavy atom. The zero-order valence-corrected chi connectivity index (χ0v) is 15.3. The fraction of sp³-hybridized carbons (Fsp3) is 0.333. The Hall–Kier alpha value is -2.61. The SMILES string of the molecule is CCc1cc(=O)[nH]c2nnc(SCC(=O)N3CCCc4ccccc43)n12. The van der Waals surface area contributed by atoms with Crippen molar-refractivity contribution < 1.29 is 4.79 Å². The van der Waals surface area contributed by atoms with E-state index in [1.165, 1.54) is 17.3 Å². The summed E-state index contributed by atoms with van der Waals surface area (Å²) in [6, 6.07) is 9.61. The molecule has 134 valence electrons. The Balaban J connectivity index is 1.56. The number of hydrogen-bond acceptors (Lipinski definition) is 5. The zero-order chi connectivity index (χ0) is 18.1. The number of aryl methyl sites for hydroxylation is 2. The molecule has 4 rings (SSSR count). The lowest BCUT2D eigenvalue weighted by Gasteiger charge is -2.29. The fourth-order valence-electron chi connectivity index (χ4n) is 3.32. The van der Waals surface area contributed by atoms with Gasteiger partial charge < -0.3 is 4.90 Å². The number of fused-ring (bicyclic) bond motifs is 2. The van der Waals surface area contributed by atoms with Crippen molar-refractivity contribution in [3.63, 3.8) is 0 Å². The number of hydrogen-bond donors (Lipinski definition) is 1. The van der Waals surface area contributed by atoms with E-state index < -0.39 is 0 Å². The molecule has 0 bridgehead atoms. The standard InChI is InChI=1S/C18H19N5O2S/c1-2-13-10-15(24)19-17-20-21-18(23(13)17)26-11-16(25)22-9-5-7-12-6-3-4-8-14(12)22/h3-4,6,8,10H,2,5,7,9,11H2,1H3,(H,19,20,24). The van der Waals surface area contributed by atoms with Gasteiger partial charge in [-0.05, 0) is 30.9 Å². The minimum atomic E-state index is -0.195. The number of H-pyrrole nitrogens is 1. The summed E-state index contributed by atoms with van der Waals surface area (Å²) in [6.45, 7) is 2.71. The third kappa shape index (κ3) is 3.01. The number of rotatable bonds is 4. The lowest BCUT2D eigenvalue weighted by molar-refractivity contribution is -0.116. The van der Waals surface area contributed by atoms with Crippen molar-refractivity contribution in [3.05, 3.63) is 51.9 Å². The number of amides is 1. The second-order valence-electron chi connectivity index (χ2n) is 6.19. The quantitative estimate of drug-likeness (QED) is 0.712. The molecule has 2 aromatic heterocycles. The van der Waals surface area contributed by atoms with Gasteiger partial charge in [0.2, 0.25) is 11.7 Å². The first-order chi connectivity index (χ1) is 12.7. The monoisotopic (exact) mass is 369 g/mol. The van der Waals surface area contributed by atoms with Crippen molar-refractivity contribution in [1.29, 1.82) is 0 Å². The molecule has 26 heavy (non-hydrogen) atoms. The number of aromatic nitrogens is 4. The summed E-state index contributed by atoms with van der Waals surface area (Å²) in [5.41, 5.74) is 2.86. The first-order valence-corrected chi connectivity index (χ1v) is 9.64. The van der Waals surface area contributed by atoms with Gasteiger partial charge in [0.1, 0.15) is 0 Å². The van der Waals surface area contributed by atoms with Crippen LogP contribution < -0.4 is 10.5 Å². The van der Waals surface area contributed by atoms with Crippen LogP contribution in [0.1, 0.15) is 24.6 Å². The predicted molar refractivity (Wildman–Crippen MR) is 101 cm³/mol. The Bertz CT molecular complexity index is 1030. The number of nitrogens with zero attached hydrogens (tertiary/aromatic N) is 4. The molecule has 0 saturated carbocycles. The van der Waals surface area contributed by atoms with E-state index in [1.807, 2.05) is 34.4 Å². The molecule has 1 amide bonds. The minimum Gasteiger partial charge on any atom is -0.311 e. The Kier molecular flexibility index (Phi) is 4.50. The smallest absolute Gasteiger partial charge is 0.252 e. The van der Waals surface area contributed by atoms with Gasteiger partial charge in [0.05, 0.1) is 5.75 Å². The second-order valence-corrected chi connectivity index (χ2v) is 7.13. The highest BCUT2D eigenvalue weighted by atomic mass is 32.2. The van der Waals surface area contributed by atoms with Gasteiger partial charge >= 0.3 is 0 Å². The first kappa shape index (κ1) is 16.8. The summed E-state index contributed by atoms with van der Waals surface area (Å²) < 4.78 is 1.81. The molecular formula is C18H19N5O2S. The lowest BCUT2D eigenvalue weighted by Crippen LogP contribution is -2.36. The maximum Gasteiger partial charge on any atom is 0.252 e. The van der Waals surface area contributed by atoms with E-state index in [1.54, 1.807) is 6.07 Å². The number of aromatic amines is 1. The molecule has 0 aliphatic carbocycles. The van der Waals surface area contributed by atoms with E-state index >= 15 is 0 Å². The summed E-state index contributed by atoms with van der Waals surface area (Å²) in [6.07, 6.45) is 2.66. The van der Waals surface area contributed by atoms with E-state index in [9.17, 15) is 9.59 Å². The number of carbonyl (C=O) groups is 1. The average molecular weight is 369 g/mol. The third-order valence-corrected chi connectivity index (χ3v) is 5.47. The molecule has 0 atom stereocenters. The largest absolute Gasteiger partial charge is 0.311 e. The number of nitrogens with one attached hydrogen (secondary N) is 1. The van der Waals surface area contributed by atoms with Crippen LogP contribution in [0.5, 0.6) is 0 Å². The number of para-hydroxylation sites is 1. The van der Waals surface area contributed by atoms with Crippen molar-refractivity contribution in [2.24, 2.45) is 0 Å². The molecule has 0 spiro atoms. The van der Waals surface area contributed by atoms with Gasteiger partial charge in [-0.2, -0.15) is 0 Å². The van der Waals surface area contributed by atoms with Crippen LogP contribution >= 0.6 is 11.8 Å². The molecule has 0 radical (unpaired) electrons. The van der Waals surface area contributed by atoms with Crippen molar-refractivity contribution in [1.82, 2.24) is 19.6 Å². The number of benzene rings is 1. The summed E-state index contributed by atoms with van der Waals surface area (Å²) in [5, 5.41) is 8.79. The van der Waals surface area contributed by atoms with E-state index in [-0.39, 0.29) is 17.2 Å². The molecule has 0 fully saturated rings. The molecular weight excluding hydrogens is 350 g/mol. The van der Waals surface area contributed by atoms with Crippen LogP contribution in [-0.2, 0) is 17.6 Å². The number of anilines is 1. The topological polar surface area (TPSA) is 83.4 Å². The fourth-order valence-corrected chi connectivity index (χ4v) is 4.16. The lowest BCUT2D eigenvalue weighted by atomic mass is 10.0. The highest BCUT2D eigenvalue weighted by molar-refractivity contribution is 7.99. The molecule has 3 aromatic rings. The normalized spacial score (nSPS) is 13.8. The molecule has 7 nitrogen and oxygen atoms in total. The van der Waals surface area contributed by atoms with E-state index in [2.05, 4.69) is 21.2 Å². The van der Waals surface area contributed by atoms with Crippen LogP contribution in [0.25, 0.3) is 5.78 Å². The van der Waals surface area contributed by atoms with Crippen molar-refractivity contribution in [3.8, 4) is 0 Å². The van der Waals surface area contributed by atoms with Crippen molar-refractivity contribution in [2.45, 2.75) is 31.3 Å². The van der Waals surface area contributed by atoms with Crippen molar-refractivity contribution in [2.75, 3.05) is 17.2 Å². The van der Waals surface area contributed by atoms with E-state index in [0.29, 0.717) is 17.4 Å². The third-order valence-electron chi connectivity index (χ3n) is 4.55. The van der Waals surface area contributed by atoms with Crippen LogP contribution in [0.15, 0.2) is 40.3 Å². The maximum absolute atomic E-state index is 12.8. The summed E-state index contributed by atoms with van der Waals surface area (Å²) in [5.74, 6) is 0.742. The van der Waals surface area contributed by atoms with Gasteiger partial charge in [-0.3, -0.25) is 19.0 Å². The summed E-state index contributed by atoms with van der Waals surface area (Å²) >= 11 is 1.34. The van der Waals surface area contributed by atoms with Crippen LogP contribution in [0.2, 0.25) is 0 Å². The van der Waals surface area contributed by atoms with Crippen LogP contribution in [0.4, 0.5) is 5.69 Å². The van der Waals surface area contributed by atoms with Gasteiger partial charge in [0, 0.05) is 24.0 Å². The molecule has 1 N–H and O–H groups in total. The number of carbonyl (C=O) groups excluding carboxylic acids is 1. The molecule has 1 aliphatic rings. The first-order valence-electron chi connectivity index (χ1n) is 8.65. The zero-order valence-electron chi connectivity index (χ0n) is 14.4. The molecule has 8 heteroatoms. The van der Waals surface area contributed by atoms with Gasteiger partial charge in [-0.25, -0.2) is 0 Å². The second kappa shape index (κ2) is 6.95. The number of thioether (sulfide) groups is 1. The average Bonchev–Trinajstić information content (AvgIpc) is 3.07. The molecule has 0 saturated heterocycles. The summed E-state index contributed by atoms with van der Waals surface area (Å²) in [4.78, 5) is 29.0. The Labute approximate surface area is 154 Å². The van der Waals surface area contributed by atoms with E-state index in [4.69, 9.17) is 0 Å². The summed E-state index contributed by atoms with van der Waals surface area (Å²) in [7, 11) is 0. The van der Waals surface area contributed by atoms with Gasteiger partial charge in [0.25, 0.3) is 5.56 Å². The van der Waals surface area contributed by atoms with Crippen LogP contribution in [0, 0.1) is 0 Å². The van der Waals surface area contributed by atoms with Gasteiger partial charge in [-0.1, -0.05) is 36.9 Å². The maximum atomic E-state index is 12.8. The van der Waals surface area contributed by atoms with Crippen molar-refractivity contribution >= 4 is 29.1 Å².